The first-order valence-corrected chi connectivity index (χ1v) is 8.72. The van der Waals surface area contributed by atoms with Gasteiger partial charge in [0, 0.05) is 10.0 Å². The topological polar surface area (TPSA) is 38.3 Å². The Balaban J connectivity index is 1.92. The van der Waals surface area contributed by atoms with E-state index >= 15 is 0 Å². The monoisotopic (exact) mass is 395 g/mol. The van der Waals surface area contributed by atoms with Crippen LogP contribution in [0, 0.1) is 0 Å². The van der Waals surface area contributed by atoms with Crippen molar-refractivity contribution in [1.29, 1.82) is 0 Å². The van der Waals surface area contributed by atoms with Gasteiger partial charge in [-0.25, -0.2) is 0 Å². The highest BCUT2D eigenvalue weighted by molar-refractivity contribution is 9.10. The summed E-state index contributed by atoms with van der Waals surface area (Å²) >= 11 is 3.59. The molecule has 0 saturated heterocycles. The molecule has 0 unspecified atom stereocenters. The molecule has 1 N–H and O–H groups in total. The maximum atomic E-state index is 12.7. The summed E-state index contributed by atoms with van der Waals surface area (Å²) in [6.07, 6.45) is 0. The minimum Gasteiger partial charge on any atom is -0.497 e. The largest absolute Gasteiger partial charge is 0.497 e. The number of hydrogen-bond donors (Lipinski definition) is 1. The zero-order valence-corrected chi connectivity index (χ0v) is 15.4. The summed E-state index contributed by atoms with van der Waals surface area (Å²) in [5.41, 5.74) is 2.63. The highest BCUT2D eigenvalue weighted by atomic mass is 79.9. The molecule has 0 bridgehead atoms. The average Bonchev–Trinajstić information content (AvgIpc) is 2.67. The van der Waals surface area contributed by atoms with E-state index in [9.17, 15) is 4.79 Å². The minimum atomic E-state index is -0.244. The molecule has 0 spiro atoms. The van der Waals surface area contributed by atoms with Crippen LogP contribution in [0.4, 0.5) is 0 Å². The fraction of sp³-hybridized carbons (Fsp3) is 0.0952. The van der Waals surface area contributed by atoms with Gasteiger partial charge in [0.2, 0.25) is 0 Å². The standard InChI is InChI=1S/C21H18BrNO2/c1-25-17-13-11-16(12-14-17)21(24)23-20(15-7-3-2-4-8-15)18-9-5-6-10-19(18)22/h2-14,20H,1H3,(H,23,24)/t20-/m0/s1. The van der Waals surface area contributed by atoms with Crippen molar-refractivity contribution in [3.8, 4) is 5.75 Å². The first-order valence-electron chi connectivity index (χ1n) is 7.93. The van der Waals surface area contributed by atoms with Gasteiger partial charge in [-0.1, -0.05) is 64.5 Å². The number of methoxy groups -OCH3 is 1. The van der Waals surface area contributed by atoms with Gasteiger partial charge in [0.15, 0.2) is 0 Å². The van der Waals surface area contributed by atoms with Crippen molar-refractivity contribution in [1.82, 2.24) is 5.32 Å². The van der Waals surface area contributed by atoms with Crippen LogP contribution in [-0.2, 0) is 0 Å². The highest BCUT2D eigenvalue weighted by Crippen LogP contribution is 2.29. The van der Waals surface area contributed by atoms with Gasteiger partial charge in [0.05, 0.1) is 13.2 Å². The van der Waals surface area contributed by atoms with E-state index in [1.807, 2.05) is 54.6 Å². The van der Waals surface area contributed by atoms with E-state index in [0.717, 1.165) is 21.3 Å². The lowest BCUT2D eigenvalue weighted by molar-refractivity contribution is 0.0943. The molecule has 3 nitrogen and oxygen atoms in total. The van der Waals surface area contributed by atoms with Crippen LogP contribution >= 0.6 is 15.9 Å². The Morgan fingerprint density at radius 1 is 0.920 bits per heavy atom. The molecule has 0 aliphatic heterocycles. The summed E-state index contributed by atoms with van der Waals surface area (Å²) in [5, 5.41) is 3.13. The molecule has 0 aromatic heterocycles. The maximum Gasteiger partial charge on any atom is 0.252 e. The van der Waals surface area contributed by atoms with Crippen molar-refractivity contribution >= 4 is 21.8 Å². The van der Waals surface area contributed by atoms with Crippen LogP contribution in [0.25, 0.3) is 0 Å². The van der Waals surface area contributed by atoms with Crippen LogP contribution in [0.1, 0.15) is 27.5 Å². The summed E-state index contributed by atoms with van der Waals surface area (Å²) in [5.74, 6) is 0.592. The number of benzene rings is 3. The van der Waals surface area contributed by atoms with Gasteiger partial charge in [0.1, 0.15) is 5.75 Å². The number of carbonyl (C=O) groups excluding carboxylic acids is 1. The van der Waals surface area contributed by atoms with E-state index in [1.165, 1.54) is 0 Å². The van der Waals surface area contributed by atoms with Crippen molar-refractivity contribution < 1.29 is 9.53 Å². The fourth-order valence-corrected chi connectivity index (χ4v) is 3.17. The third-order valence-corrected chi connectivity index (χ3v) is 4.70. The Labute approximate surface area is 155 Å². The van der Waals surface area contributed by atoms with E-state index in [1.54, 1.807) is 31.4 Å². The van der Waals surface area contributed by atoms with Crippen LogP contribution < -0.4 is 10.1 Å². The Kier molecular flexibility index (Phi) is 5.51. The van der Waals surface area contributed by atoms with Gasteiger partial charge >= 0.3 is 0 Å². The Hall–Kier alpha value is -2.59. The second kappa shape index (κ2) is 7.99. The lowest BCUT2D eigenvalue weighted by Gasteiger charge is -2.21. The molecule has 0 aliphatic carbocycles. The first-order chi connectivity index (χ1) is 12.2. The molecule has 0 radical (unpaired) electrons. The number of ether oxygens (including phenoxy) is 1. The quantitative estimate of drug-likeness (QED) is 0.661. The number of nitrogens with one attached hydrogen (secondary N) is 1. The molecule has 4 heteroatoms. The van der Waals surface area contributed by atoms with Gasteiger partial charge < -0.3 is 10.1 Å². The number of carbonyl (C=O) groups is 1. The van der Waals surface area contributed by atoms with Gasteiger partial charge in [-0.05, 0) is 41.5 Å². The zero-order chi connectivity index (χ0) is 17.6. The Morgan fingerprint density at radius 3 is 2.20 bits per heavy atom. The molecule has 0 heterocycles. The molecule has 0 fully saturated rings. The predicted octanol–water partition coefficient (Wildman–Crippen LogP) is 4.98. The highest BCUT2D eigenvalue weighted by Gasteiger charge is 2.19. The van der Waals surface area contributed by atoms with E-state index in [2.05, 4.69) is 21.2 Å². The molecule has 3 aromatic rings. The second-order valence-electron chi connectivity index (χ2n) is 5.57. The lowest BCUT2D eigenvalue weighted by Crippen LogP contribution is -2.29. The van der Waals surface area contributed by atoms with Gasteiger partial charge in [-0.3, -0.25) is 4.79 Å². The van der Waals surface area contributed by atoms with Crippen molar-refractivity contribution in [3.63, 3.8) is 0 Å². The third kappa shape index (κ3) is 4.09. The van der Waals surface area contributed by atoms with Gasteiger partial charge in [-0.15, -0.1) is 0 Å². The molecule has 1 amide bonds. The van der Waals surface area contributed by atoms with Gasteiger partial charge in [-0.2, -0.15) is 0 Å². The molecule has 126 valence electrons. The SMILES string of the molecule is COc1ccc(C(=O)N[C@@H](c2ccccc2)c2ccccc2Br)cc1. The van der Waals surface area contributed by atoms with E-state index in [4.69, 9.17) is 4.74 Å². The van der Waals surface area contributed by atoms with E-state index < -0.39 is 0 Å². The first kappa shape index (κ1) is 17.2. The van der Waals surface area contributed by atoms with Gasteiger partial charge in [0.25, 0.3) is 5.91 Å². The molecule has 3 rings (SSSR count). The summed E-state index contributed by atoms with van der Waals surface area (Å²) < 4.78 is 6.10. The molecular weight excluding hydrogens is 378 g/mol. The van der Waals surface area contributed by atoms with Crippen LogP contribution in [0.3, 0.4) is 0 Å². The average molecular weight is 396 g/mol. The number of hydrogen-bond acceptors (Lipinski definition) is 2. The number of amides is 1. The van der Waals surface area contributed by atoms with Crippen LogP contribution in [0.15, 0.2) is 83.3 Å². The van der Waals surface area contributed by atoms with Crippen molar-refractivity contribution in [2.45, 2.75) is 6.04 Å². The molecule has 0 saturated carbocycles. The van der Waals surface area contributed by atoms with Crippen LogP contribution in [0.2, 0.25) is 0 Å². The summed E-state index contributed by atoms with van der Waals surface area (Å²) in [6.45, 7) is 0. The Morgan fingerprint density at radius 2 is 1.56 bits per heavy atom. The lowest BCUT2D eigenvalue weighted by atomic mass is 9.98. The summed E-state index contributed by atoms with van der Waals surface area (Å²) in [4.78, 5) is 12.7. The zero-order valence-electron chi connectivity index (χ0n) is 13.8. The fourth-order valence-electron chi connectivity index (χ4n) is 2.65. The normalized spacial score (nSPS) is 11.6. The number of halogens is 1. The van der Waals surface area contributed by atoms with Crippen LogP contribution in [0.5, 0.6) is 5.75 Å². The minimum absolute atomic E-state index is 0.132. The Bertz CT molecular complexity index is 847. The molecular formula is C21H18BrNO2. The molecule has 0 aliphatic rings. The molecule has 3 aromatic carbocycles. The third-order valence-electron chi connectivity index (χ3n) is 3.98. The smallest absolute Gasteiger partial charge is 0.252 e. The molecule has 1 atom stereocenters. The van der Waals surface area contributed by atoms with E-state index in [0.29, 0.717) is 5.56 Å². The van der Waals surface area contributed by atoms with E-state index in [-0.39, 0.29) is 11.9 Å². The number of rotatable bonds is 5. The van der Waals surface area contributed by atoms with Crippen molar-refractivity contribution in [2.75, 3.05) is 7.11 Å². The second-order valence-corrected chi connectivity index (χ2v) is 6.42. The summed E-state index contributed by atoms with van der Waals surface area (Å²) in [6, 6.07) is 24.7. The maximum absolute atomic E-state index is 12.7. The van der Waals surface area contributed by atoms with Crippen molar-refractivity contribution in [2.24, 2.45) is 0 Å². The van der Waals surface area contributed by atoms with Crippen LogP contribution in [-0.4, -0.2) is 13.0 Å². The van der Waals surface area contributed by atoms with Crippen molar-refractivity contribution in [3.05, 3.63) is 100 Å². The molecule has 25 heavy (non-hydrogen) atoms. The predicted molar refractivity (Wildman–Crippen MR) is 103 cm³/mol. The summed E-state index contributed by atoms with van der Waals surface area (Å²) in [7, 11) is 1.60.